The highest BCUT2D eigenvalue weighted by molar-refractivity contribution is 5.11. The van der Waals surface area contributed by atoms with Crippen LogP contribution in [0.15, 0.2) is 72.9 Å². The molecule has 0 bridgehead atoms. The first-order valence-electron chi connectivity index (χ1n) is 15.9. The Morgan fingerprint density at radius 3 is 0.806 bits per heavy atom. The summed E-state index contributed by atoms with van der Waals surface area (Å²) in [5.41, 5.74) is 0. The SMILES string of the molecule is CCCCC=CC=CC=CCCCCCCCCCC=CC=CC=CCCCCCCCCCCC. The molecule has 0 saturated heterocycles. The Hall–Kier alpha value is -1.56. The summed E-state index contributed by atoms with van der Waals surface area (Å²) < 4.78 is 0. The van der Waals surface area contributed by atoms with E-state index in [9.17, 15) is 0 Å². The molecule has 206 valence electrons. The zero-order chi connectivity index (χ0) is 26.0. The van der Waals surface area contributed by atoms with Gasteiger partial charge in [0.25, 0.3) is 0 Å². The molecule has 0 rings (SSSR count). The van der Waals surface area contributed by atoms with Crippen LogP contribution in [0.3, 0.4) is 0 Å². The van der Waals surface area contributed by atoms with Crippen LogP contribution in [0.5, 0.6) is 0 Å². The van der Waals surface area contributed by atoms with E-state index in [0.29, 0.717) is 0 Å². The fourth-order valence-corrected chi connectivity index (χ4v) is 4.26. The van der Waals surface area contributed by atoms with Gasteiger partial charge in [0.15, 0.2) is 0 Å². The van der Waals surface area contributed by atoms with Crippen molar-refractivity contribution in [3.8, 4) is 0 Å². The van der Waals surface area contributed by atoms with Gasteiger partial charge >= 0.3 is 0 Å². The van der Waals surface area contributed by atoms with Crippen LogP contribution in [-0.2, 0) is 0 Å². The lowest BCUT2D eigenvalue weighted by molar-refractivity contribution is 0.566. The molecule has 0 aromatic carbocycles. The summed E-state index contributed by atoms with van der Waals surface area (Å²) in [5, 5.41) is 0. The molecule has 36 heavy (non-hydrogen) atoms. The van der Waals surface area contributed by atoms with E-state index in [-0.39, 0.29) is 0 Å². The average Bonchev–Trinajstić information content (AvgIpc) is 2.89. The van der Waals surface area contributed by atoms with Crippen molar-refractivity contribution < 1.29 is 0 Å². The molecule has 0 fully saturated rings. The van der Waals surface area contributed by atoms with Crippen molar-refractivity contribution in [1.29, 1.82) is 0 Å². The average molecular weight is 495 g/mol. The Morgan fingerprint density at radius 1 is 0.250 bits per heavy atom. The summed E-state index contributed by atoms with van der Waals surface area (Å²) in [6, 6.07) is 0. The second-order valence-electron chi connectivity index (χ2n) is 10.3. The molecule has 0 saturated carbocycles. The molecular weight excluding hydrogens is 432 g/mol. The van der Waals surface area contributed by atoms with Gasteiger partial charge in [0.05, 0.1) is 0 Å². The van der Waals surface area contributed by atoms with Crippen LogP contribution in [0.25, 0.3) is 0 Å². The quantitative estimate of drug-likeness (QED) is 0.0786. The van der Waals surface area contributed by atoms with Gasteiger partial charge in [-0.1, -0.05) is 183 Å². The molecule has 0 N–H and O–H groups in total. The van der Waals surface area contributed by atoms with Gasteiger partial charge in [0, 0.05) is 0 Å². The molecule has 0 nitrogen and oxygen atoms in total. The third kappa shape index (κ3) is 32.4. The predicted molar refractivity (Wildman–Crippen MR) is 168 cm³/mol. The summed E-state index contributed by atoms with van der Waals surface area (Å²) in [6.45, 7) is 4.53. The molecule has 0 aliphatic heterocycles. The number of hydrogen-bond donors (Lipinski definition) is 0. The summed E-state index contributed by atoms with van der Waals surface area (Å²) in [5.74, 6) is 0. The van der Waals surface area contributed by atoms with Gasteiger partial charge in [0.2, 0.25) is 0 Å². The van der Waals surface area contributed by atoms with E-state index in [0.717, 1.165) is 0 Å². The normalized spacial score (nSPS) is 12.8. The molecule has 0 spiro atoms. The first-order valence-corrected chi connectivity index (χ1v) is 15.9. The van der Waals surface area contributed by atoms with Crippen LogP contribution >= 0.6 is 0 Å². The van der Waals surface area contributed by atoms with Gasteiger partial charge < -0.3 is 0 Å². The first-order chi connectivity index (χ1) is 17.9. The fourth-order valence-electron chi connectivity index (χ4n) is 4.26. The minimum atomic E-state index is 1.20. The van der Waals surface area contributed by atoms with E-state index >= 15 is 0 Å². The van der Waals surface area contributed by atoms with Crippen LogP contribution in [-0.4, -0.2) is 0 Å². The highest BCUT2D eigenvalue weighted by atomic mass is 14.0. The Balaban J connectivity index is 3.33. The molecule has 0 aromatic rings. The van der Waals surface area contributed by atoms with Crippen molar-refractivity contribution in [2.75, 3.05) is 0 Å². The smallest absolute Gasteiger partial charge is 0.0348 e. The minimum Gasteiger partial charge on any atom is -0.0845 e. The van der Waals surface area contributed by atoms with Crippen LogP contribution in [0.2, 0.25) is 0 Å². The molecule has 0 atom stereocenters. The summed E-state index contributed by atoms with van der Waals surface area (Å²) in [7, 11) is 0. The first kappa shape index (κ1) is 34.4. The summed E-state index contributed by atoms with van der Waals surface area (Å²) in [4.78, 5) is 0. The van der Waals surface area contributed by atoms with Gasteiger partial charge in [-0.3, -0.25) is 0 Å². The topological polar surface area (TPSA) is 0 Å². The molecule has 0 heteroatoms. The highest BCUT2D eigenvalue weighted by Crippen LogP contribution is 2.11. The lowest BCUT2D eigenvalue weighted by atomic mass is 10.1. The van der Waals surface area contributed by atoms with E-state index in [4.69, 9.17) is 0 Å². The number of allylic oxidation sites excluding steroid dienone is 12. The number of hydrogen-bond acceptors (Lipinski definition) is 0. The predicted octanol–water partition coefficient (Wildman–Crippen LogP) is 12.9. The summed E-state index contributed by atoms with van der Waals surface area (Å²) in [6.07, 6.45) is 56.5. The maximum Gasteiger partial charge on any atom is -0.0348 e. The molecule has 0 aromatic heterocycles. The number of rotatable bonds is 27. The molecule has 0 radical (unpaired) electrons. The monoisotopic (exact) mass is 494 g/mol. The molecule has 0 aliphatic carbocycles. The number of unbranched alkanes of at least 4 members (excludes halogenated alkanes) is 19. The van der Waals surface area contributed by atoms with Crippen molar-refractivity contribution >= 4 is 0 Å². The maximum absolute atomic E-state index is 2.33. The van der Waals surface area contributed by atoms with E-state index in [1.165, 1.54) is 141 Å². The van der Waals surface area contributed by atoms with Crippen molar-refractivity contribution in [3.05, 3.63) is 72.9 Å². The van der Waals surface area contributed by atoms with Crippen LogP contribution in [0, 0.1) is 0 Å². The summed E-state index contributed by atoms with van der Waals surface area (Å²) >= 11 is 0. The molecule has 0 aliphatic rings. The standard InChI is InChI=1S/C36H62/c1-3-5-7-9-11-13-15-17-19-21-23-25-27-29-31-33-35-36-34-32-30-28-26-24-22-20-18-16-14-12-10-8-6-4-2/h9,11,13,15,17,19,24,26,28,30,32,34H,3-8,10,12,14,16,18,20-23,25,27,29,31,33,35-36H2,1-2H3. The molecule has 0 unspecified atom stereocenters. The maximum atomic E-state index is 2.33. The van der Waals surface area contributed by atoms with Crippen molar-refractivity contribution in [1.82, 2.24) is 0 Å². The third-order valence-corrected chi connectivity index (χ3v) is 6.65. The zero-order valence-electron chi connectivity index (χ0n) is 24.5. The van der Waals surface area contributed by atoms with Crippen molar-refractivity contribution in [3.63, 3.8) is 0 Å². The fraction of sp³-hybridized carbons (Fsp3) is 0.667. The van der Waals surface area contributed by atoms with Gasteiger partial charge in [-0.05, 0) is 44.9 Å². The second kappa shape index (κ2) is 33.4. The Kier molecular flexibility index (Phi) is 32.0. The van der Waals surface area contributed by atoms with E-state index in [1.807, 2.05) is 0 Å². The van der Waals surface area contributed by atoms with E-state index in [2.05, 4.69) is 86.8 Å². The van der Waals surface area contributed by atoms with Crippen LogP contribution in [0.4, 0.5) is 0 Å². The minimum absolute atomic E-state index is 1.20. The largest absolute Gasteiger partial charge is 0.0845 e. The van der Waals surface area contributed by atoms with Crippen LogP contribution < -0.4 is 0 Å². The Morgan fingerprint density at radius 2 is 0.500 bits per heavy atom. The molecule has 0 heterocycles. The second-order valence-corrected chi connectivity index (χ2v) is 10.3. The van der Waals surface area contributed by atoms with Gasteiger partial charge in [-0.25, -0.2) is 0 Å². The van der Waals surface area contributed by atoms with Crippen LogP contribution in [0.1, 0.15) is 155 Å². The third-order valence-electron chi connectivity index (χ3n) is 6.65. The van der Waals surface area contributed by atoms with Crippen molar-refractivity contribution in [2.45, 2.75) is 155 Å². The van der Waals surface area contributed by atoms with Crippen molar-refractivity contribution in [2.24, 2.45) is 0 Å². The van der Waals surface area contributed by atoms with E-state index in [1.54, 1.807) is 0 Å². The molecular formula is C36H62. The molecule has 0 amide bonds. The van der Waals surface area contributed by atoms with Gasteiger partial charge in [-0.15, -0.1) is 0 Å². The highest BCUT2D eigenvalue weighted by Gasteiger charge is 1.92. The lowest BCUT2D eigenvalue weighted by Gasteiger charge is -2.00. The van der Waals surface area contributed by atoms with Gasteiger partial charge in [-0.2, -0.15) is 0 Å². The zero-order valence-corrected chi connectivity index (χ0v) is 24.5. The Labute approximate surface area is 227 Å². The van der Waals surface area contributed by atoms with E-state index < -0.39 is 0 Å². The van der Waals surface area contributed by atoms with Gasteiger partial charge in [0.1, 0.15) is 0 Å². The lowest BCUT2D eigenvalue weighted by Crippen LogP contribution is -1.80. The Bertz CT molecular complexity index is 569.